The maximum atomic E-state index is 12.2. The molecule has 4 heteroatoms. The van der Waals surface area contributed by atoms with Crippen molar-refractivity contribution in [3.05, 3.63) is 0 Å². The van der Waals surface area contributed by atoms with Gasteiger partial charge in [0.05, 0.1) is 6.04 Å². The molecule has 0 aliphatic carbocycles. The Bertz CT molecular complexity index is 284. The summed E-state index contributed by atoms with van der Waals surface area (Å²) in [4.78, 5) is 16.3. The van der Waals surface area contributed by atoms with E-state index in [1.54, 1.807) is 0 Å². The van der Waals surface area contributed by atoms with Crippen LogP contribution in [0, 0.1) is 0 Å². The standard InChI is InChI=1S/C14H28N2O2/c1-11(15(5)6)12-9-7-8-10-16(12)13(17)18-14(2,3)4/h11-12H,7-10H2,1-6H3/t11-,12-/m1/s1. The molecule has 0 spiro atoms. The average molecular weight is 256 g/mol. The van der Waals surface area contributed by atoms with Gasteiger partial charge in [0.15, 0.2) is 0 Å². The summed E-state index contributed by atoms with van der Waals surface area (Å²) in [6.45, 7) is 8.74. The highest BCUT2D eigenvalue weighted by Crippen LogP contribution is 2.24. The quantitative estimate of drug-likeness (QED) is 0.761. The molecule has 1 aliphatic rings. The van der Waals surface area contributed by atoms with Crippen molar-refractivity contribution in [2.45, 2.75) is 64.6 Å². The van der Waals surface area contributed by atoms with Crippen molar-refractivity contribution in [1.29, 1.82) is 0 Å². The van der Waals surface area contributed by atoms with E-state index in [2.05, 4.69) is 25.9 Å². The predicted octanol–water partition coefficient (Wildman–Crippen LogP) is 2.73. The van der Waals surface area contributed by atoms with Crippen molar-refractivity contribution in [3.8, 4) is 0 Å². The molecule has 1 rings (SSSR count). The second kappa shape index (κ2) is 5.91. The summed E-state index contributed by atoms with van der Waals surface area (Å²) >= 11 is 0. The second-order valence-electron chi connectivity index (χ2n) is 6.44. The van der Waals surface area contributed by atoms with Gasteiger partial charge < -0.3 is 14.5 Å². The van der Waals surface area contributed by atoms with Crippen LogP contribution in [0.5, 0.6) is 0 Å². The summed E-state index contributed by atoms with van der Waals surface area (Å²) in [5.74, 6) is 0. The van der Waals surface area contributed by atoms with E-state index in [0.717, 1.165) is 19.4 Å². The number of ether oxygens (including phenoxy) is 1. The minimum absolute atomic E-state index is 0.166. The lowest BCUT2D eigenvalue weighted by atomic mass is 9.96. The van der Waals surface area contributed by atoms with E-state index in [9.17, 15) is 4.79 Å². The summed E-state index contributed by atoms with van der Waals surface area (Å²) in [6.07, 6.45) is 3.18. The molecule has 1 fully saturated rings. The van der Waals surface area contributed by atoms with Crippen molar-refractivity contribution in [2.75, 3.05) is 20.6 Å². The summed E-state index contributed by atoms with van der Waals surface area (Å²) in [5.41, 5.74) is -0.416. The second-order valence-corrected chi connectivity index (χ2v) is 6.44. The summed E-state index contributed by atoms with van der Waals surface area (Å²) in [6, 6.07) is 0.626. The molecule has 2 atom stereocenters. The van der Waals surface area contributed by atoms with Crippen molar-refractivity contribution in [3.63, 3.8) is 0 Å². The van der Waals surface area contributed by atoms with Gasteiger partial charge in [-0.05, 0) is 61.1 Å². The zero-order chi connectivity index (χ0) is 13.9. The molecule has 0 N–H and O–H groups in total. The number of likely N-dealkylation sites (N-methyl/N-ethyl adjacent to an activating group) is 1. The fraction of sp³-hybridized carbons (Fsp3) is 0.929. The molecular weight excluding hydrogens is 228 g/mol. The minimum atomic E-state index is -0.416. The van der Waals surface area contributed by atoms with Gasteiger partial charge in [0.25, 0.3) is 0 Å². The average Bonchev–Trinajstić information content (AvgIpc) is 2.25. The summed E-state index contributed by atoms with van der Waals surface area (Å²) in [7, 11) is 4.12. The fourth-order valence-corrected chi connectivity index (χ4v) is 2.35. The molecule has 18 heavy (non-hydrogen) atoms. The largest absolute Gasteiger partial charge is 0.444 e. The number of carbonyl (C=O) groups is 1. The van der Waals surface area contributed by atoms with Crippen LogP contribution in [-0.4, -0.2) is 54.2 Å². The van der Waals surface area contributed by atoms with Crippen LogP contribution in [-0.2, 0) is 4.74 Å². The Hall–Kier alpha value is -0.770. The normalized spacial score (nSPS) is 23.1. The third kappa shape index (κ3) is 4.16. The molecule has 1 amide bonds. The Morgan fingerprint density at radius 1 is 1.33 bits per heavy atom. The number of carbonyl (C=O) groups excluding carboxylic acids is 1. The van der Waals surface area contributed by atoms with Crippen LogP contribution >= 0.6 is 0 Å². The number of likely N-dealkylation sites (tertiary alicyclic amines) is 1. The molecule has 106 valence electrons. The van der Waals surface area contributed by atoms with E-state index >= 15 is 0 Å². The number of hydrogen-bond acceptors (Lipinski definition) is 3. The van der Waals surface area contributed by atoms with Gasteiger partial charge in [0, 0.05) is 12.6 Å². The Labute approximate surface area is 111 Å². The maximum Gasteiger partial charge on any atom is 0.410 e. The number of rotatable bonds is 2. The minimum Gasteiger partial charge on any atom is -0.444 e. The molecule has 0 saturated carbocycles. The number of piperidine rings is 1. The molecule has 0 bridgehead atoms. The van der Waals surface area contributed by atoms with Crippen LogP contribution in [0.25, 0.3) is 0 Å². The van der Waals surface area contributed by atoms with Crippen LogP contribution in [0.2, 0.25) is 0 Å². The number of nitrogens with zero attached hydrogens (tertiary/aromatic N) is 2. The van der Waals surface area contributed by atoms with E-state index in [1.165, 1.54) is 6.42 Å². The van der Waals surface area contributed by atoms with Crippen molar-refractivity contribution in [1.82, 2.24) is 9.80 Å². The SMILES string of the molecule is C[C@H]([C@H]1CCCCN1C(=O)OC(C)(C)C)N(C)C. The monoisotopic (exact) mass is 256 g/mol. The number of amides is 1. The molecule has 1 saturated heterocycles. The van der Waals surface area contributed by atoms with E-state index < -0.39 is 5.60 Å². The highest BCUT2D eigenvalue weighted by molar-refractivity contribution is 5.68. The zero-order valence-corrected chi connectivity index (χ0v) is 12.7. The Kier molecular flexibility index (Phi) is 5.02. The van der Waals surface area contributed by atoms with E-state index in [4.69, 9.17) is 4.74 Å². The van der Waals surface area contributed by atoms with Gasteiger partial charge in [-0.1, -0.05) is 0 Å². The van der Waals surface area contributed by atoms with E-state index in [0.29, 0.717) is 6.04 Å². The Morgan fingerprint density at radius 2 is 1.94 bits per heavy atom. The highest BCUT2D eigenvalue weighted by Gasteiger charge is 2.34. The molecule has 0 radical (unpaired) electrons. The van der Waals surface area contributed by atoms with Gasteiger partial charge in [-0.3, -0.25) is 0 Å². The van der Waals surface area contributed by atoms with E-state index in [-0.39, 0.29) is 12.1 Å². The van der Waals surface area contributed by atoms with Gasteiger partial charge in [-0.2, -0.15) is 0 Å². The lowest BCUT2D eigenvalue weighted by Gasteiger charge is -2.41. The van der Waals surface area contributed by atoms with Crippen molar-refractivity contribution in [2.24, 2.45) is 0 Å². The first-order valence-electron chi connectivity index (χ1n) is 6.88. The first-order chi connectivity index (χ1) is 8.22. The van der Waals surface area contributed by atoms with Crippen LogP contribution in [0.3, 0.4) is 0 Å². The molecule has 0 aromatic heterocycles. The fourth-order valence-electron chi connectivity index (χ4n) is 2.35. The van der Waals surface area contributed by atoms with Crippen molar-refractivity contribution < 1.29 is 9.53 Å². The lowest BCUT2D eigenvalue weighted by Crippen LogP contribution is -2.53. The lowest BCUT2D eigenvalue weighted by molar-refractivity contribution is -0.000424. The summed E-state index contributed by atoms with van der Waals surface area (Å²) in [5, 5.41) is 0. The highest BCUT2D eigenvalue weighted by atomic mass is 16.6. The smallest absolute Gasteiger partial charge is 0.410 e. The molecular formula is C14H28N2O2. The molecule has 1 heterocycles. The van der Waals surface area contributed by atoms with Crippen LogP contribution in [0.1, 0.15) is 47.0 Å². The van der Waals surface area contributed by atoms with Crippen LogP contribution < -0.4 is 0 Å². The molecule has 4 nitrogen and oxygen atoms in total. The molecule has 1 aliphatic heterocycles. The topological polar surface area (TPSA) is 32.8 Å². The van der Waals surface area contributed by atoms with Gasteiger partial charge >= 0.3 is 6.09 Å². The van der Waals surface area contributed by atoms with Gasteiger partial charge in [0.2, 0.25) is 0 Å². The first kappa shape index (κ1) is 15.3. The van der Waals surface area contributed by atoms with Gasteiger partial charge in [-0.25, -0.2) is 4.79 Å². The van der Waals surface area contributed by atoms with Crippen LogP contribution in [0.15, 0.2) is 0 Å². The Balaban J connectivity index is 2.73. The zero-order valence-electron chi connectivity index (χ0n) is 12.7. The molecule has 0 aromatic carbocycles. The molecule has 0 aromatic rings. The predicted molar refractivity (Wildman–Crippen MR) is 73.7 cm³/mol. The molecule has 0 unspecified atom stereocenters. The van der Waals surface area contributed by atoms with Crippen LogP contribution in [0.4, 0.5) is 4.79 Å². The van der Waals surface area contributed by atoms with Gasteiger partial charge in [-0.15, -0.1) is 0 Å². The number of hydrogen-bond donors (Lipinski definition) is 0. The van der Waals surface area contributed by atoms with Gasteiger partial charge in [0.1, 0.15) is 5.60 Å². The third-order valence-electron chi connectivity index (χ3n) is 3.55. The summed E-state index contributed by atoms with van der Waals surface area (Å²) < 4.78 is 5.51. The third-order valence-corrected chi connectivity index (χ3v) is 3.55. The Morgan fingerprint density at radius 3 is 2.44 bits per heavy atom. The first-order valence-corrected chi connectivity index (χ1v) is 6.88. The van der Waals surface area contributed by atoms with E-state index in [1.807, 2.05) is 25.7 Å². The van der Waals surface area contributed by atoms with Crippen molar-refractivity contribution >= 4 is 6.09 Å². The maximum absolute atomic E-state index is 12.2.